The number of fused-ring (bicyclic) bond motifs is 1. The van der Waals surface area contributed by atoms with Crippen LogP contribution in [0.3, 0.4) is 0 Å². The van der Waals surface area contributed by atoms with E-state index < -0.39 is 10.0 Å². The highest BCUT2D eigenvalue weighted by atomic mass is 32.2. The molecule has 1 amide bonds. The molecule has 1 unspecified atom stereocenters. The SMILES string of the molecule is CS(=O)(=O)NCC1CCc2ccccc2N1C(=O)c1ccc(OCc2ccccc2)cc1OCc1ccccc1. The second-order valence-corrected chi connectivity index (χ2v) is 11.7. The van der Waals surface area contributed by atoms with E-state index >= 15 is 0 Å². The largest absolute Gasteiger partial charge is 0.489 e. The summed E-state index contributed by atoms with van der Waals surface area (Å²) in [6, 6.07) is 32.2. The van der Waals surface area contributed by atoms with Gasteiger partial charge >= 0.3 is 0 Å². The summed E-state index contributed by atoms with van der Waals surface area (Å²) in [4.78, 5) is 15.9. The number of carbonyl (C=O) groups is 1. The Bertz CT molecular complexity index is 1560. The average Bonchev–Trinajstić information content (AvgIpc) is 2.98. The van der Waals surface area contributed by atoms with Crippen molar-refractivity contribution >= 4 is 21.6 Å². The number of para-hydroxylation sites is 1. The molecule has 0 spiro atoms. The van der Waals surface area contributed by atoms with Gasteiger partial charge in [-0.15, -0.1) is 0 Å². The number of amides is 1. The molecule has 4 aromatic rings. The zero-order valence-corrected chi connectivity index (χ0v) is 23.1. The maximum Gasteiger partial charge on any atom is 0.262 e. The number of anilines is 1. The van der Waals surface area contributed by atoms with Gasteiger partial charge in [0, 0.05) is 18.3 Å². The van der Waals surface area contributed by atoms with Gasteiger partial charge < -0.3 is 14.4 Å². The van der Waals surface area contributed by atoms with Crippen molar-refractivity contribution < 1.29 is 22.7 Å². The van der Waals surface area contributed by atoms with Crippen LogP contribution in [0.2, 0.25) is 0 Å². The third kappa shape index (κ3) is 6.89. The predicted octanol–water partition coefficient (Wildman–Crippen LogP) is 5.36. The third-order valence-corrected chi connectivity index (χ3v) is 7.52. The molecular formula is C32H32N2O5S. The molecule has 0 saturated carbocycles. The molecule has 1 aliphatic rings. The van der Waals surface area contributed by atoms with Crippen molar-refractivity contribution in [2.45, 2.75) is 32.1 Å². The Hall–Kier alpha value is -4.14. The fourth-order valence-electron chi connectivity index (χ4n) is 4.82. The highest BCUT2D eigenvalue weighted by Crippen LogP contribution is 2.35. The molecule has 0 bridgehead atoms. The fourth-order valence-corrected chi connectivity index (χ4v) is 5.31. The van der Waals surface area contributed by atoms with Gasteiger partial charge in [0.25, 0.3) is 5.91 Å². The summed E-state index contributed by atoms with van der Waals surface area (Å²) in [5, 5.41) is 0. The van der Waals surface area contributed by atoms with E-state index in [1.165, 1.54) is 0 Å². The van der Waals surface area contributed by atoms with Crippen LogP contribution in [0.4, 0.5) is 5.69 Å². The van der Waals surface area contributed by atoms with Gasteiger partial charge in [0.05, 0.1) is 17.9 Å². The molecule has 0 fully saturated rings. The minimum Gasteiger partial charge on any atom is -0.489 e. The number of benzene rings is 4. The number of aryl methyl sites for hydroxylation is 1. The quantitative estimate of drug-likeness (QED) is 0.285. The van der Waals surface area contributed by atoms with Crippen molar-refractivity contribution in [1.82, 2.24) is 4.72 Å². The van der Waals surface area contributed by atoms with E-state index in [1.54, 1.807) is 23.1 Å². The zero-order chi connectivity index (χ0) is 28.0. The minimum atomic E-state index is -3.43. The lowest BCUT2D eigenvalue weighted by atomic mass is 9.94. The summed E-state index contributed by atoms with van der Waals surface area (Å²) >= 11 is 0. The highest BCUT2D eigenvalue weighted by Gasteiger charge is 2.33. The molecule has 1 aliphatic heterocycles. The van der Waals surface area contributed by atoms with E-state index in [4.69, 9.17) is 9.47 Å². The van der Waals surface area contributed by atoms with Crippen LogP contribution in [0.5, 0.6) is 11.5 Å². The van der Waals surface area contributed by atoms with Gasteiger partial charge in [-0.25, -0.2) is 13.1 Å². The Morgan fingerprint density at radius 1 is 0.850 bits per heavy atom. The monoisotopic (exact) mass is 556 g/mol. The van der Waals surface area contributed by atoms with Crippen molar-refractivity contribution in [2.75, 3.05) is 17.7 Å². The Morgan fingerprint density at radius 3 is 2.15 bits per heavy atom. The van der Waals surface area contributed by atoms with E-state index in [0.717, 1.165) is 35.1 Å². The van der Waals surface area contributed by atoms with Crippen molar-refractivity contribution in [2.24, 2.45) is 0 Å². The van der Waals surface area contributed by atoms with Crippen molar-refractivity contribution in [3.63, 3.8) is 0 Å². The van der Waals surface area contributed by atoms with Crippen molar-refractivity contribution in [1.29, 1.82) is 0 Å². The molecule has 1 heterocycles. The van der Waals surface area contributed by atoms with Gasteiger partial charge in [-0.2, -0.15) is 0 Å². The fraction of sp³-hybridized carbons (Fsp3) is 0.219. The Balaban J connectivity index is 1.47. The molecule has 7 nitrogen and oxygen atoms in total. The number of hydrogen-bond acceptors (Lipinski definition) is 5. The maximum atomic E-state index is 14.2. The van der Waals surface area contributed by atoms with E-state index in [0.29, 0.717) is 30.1 Å². The first-order valence-corrected chi connectivity index (χ1v) is 15.1. The van der Waals surface area contributed by atoms with Gasteiger partial charge in [0.15, 0.2) is 0 Å². The van der Waals surface area contributed by atoms with E-state index in [2.05, 4.69) is 4.72 Å². The molecule has 4 aromatic carbocycles. The van der Waals surface area contributed by atoms with Gasteiger partial charge in [-0.1, -0.05) is 78.9 Å². The summed E-state index contributed by atoms with van der Waals surface area (Å²) < 4.78 is 38.6. The van der Waals surface area contributed by atoms with Crippen LogP contribution >= 0.6 is 0 Å². The van der Waals surface area contributed by atoms with Crippen LogP contribution in [-0.4, -0.2) is 33.2 Å². The second kappa shape index (κ2) is 12.4. The van der Waals surface area contributed by atoms with E-state index in [1.807, 2.05) is 84.9 Å². The maximum absolute atomic E-state index is 14.2. The smallest absolute Gasteiger partial charge is 0.262 e. The van der Waals surface area contributed by atoms with Gasteiger partial charge in [-0.3, -0.25) is 4.79 Å². The van der Waals surface area contributed by atoms with Crippen molar-refractivity contribution in [3.8, 4) is 11.5 Å². The molecule has 40 heavy (non-hydrogen) atoms. The van der Waals surface area contributed by atoms with E-state index in [-0.39, 0.29) is 25.1 Å². The van der Waals surface area contributed by atoms with Crippen LogP contribution in [0, 0.1) is 0 Å². The number of carbonyl (C=O) groups excluding carboxylic acids is 1. The normalized spacial score (nSPS) is 14.8. The summed E-state index contributed by atoms with van der Waals surface area (Å²) in [5.41, 5.74) is 4.19. The number of nitrogens with zero attached hydrogens (tertiary/aromatic N) is 1. The molecule has 0 saturated heterocycles. The van der Waals surface area contributed by atoms with Gasteiger partial charge in [-0.05, 0) is 47.7 Å². The first-order chi connectivity index (χ1) is 19.4. The average molecular weight is 557 g/mol. The number of rotatable bonds is 10. The van der Waals surface area contributed by atoms with Crippen LogP contribution in [0.1, 0.15) is 33.5 Å². The van der Waals surface area contributed by atoms with Crippen LogP contribution < -0.4 is 19.1 Å². The Labute approximate surface area is 235 Å². The first kappa shape index (κ1) is 27.4. The number of sulfonamides is 1. The summed E-state index contributed by atoms with van der Waals surface area (Å²) in [6.07, 6.45) is 2.50. The number of ether oxygens (including phenoxy) is 2. The molecule has 1 atom stereocenters. The standard InChI is InChI=1S/C32H32N2O5S/c1-40(36,37)33-21-27-17-16-26-14-8-9-15-30(26)34(27)32(35)29-19-18-28(38-22-24-10-4-2-5-11-24)20-31(29)39-23-25-12-6-3-7-13-25/h2-15,18-20,27,33H,16-17,21-23H2,1H3. The van der Waals surface area contributed by atoms with E-state index in [9.17, 15) is 13.2 Å². The highest BCUT2D eigenvalue weighted by molar-refractivity contribution is 7.88. The number of hydrogen-bond donors (Lipinski definition) is 1. The lowest BCUT2D eigenvalue weighted by Crippen LogP contribution is -2.49. The van der Waals surface area contributed by atoms with Gasteiger partial charge in [0.1, 0.15) is 24.7 Å². The summed E-state index contributed by atoms with van der Waals surface area (Å²) in [7, 11) is -3.43. The Morgan fingerprint density at radius 2 is 1.48 bits per heavy atom. The number of nitrogens with one attached hydrogen (secondary N) is 1. The molecule has 0 aliphatic carbocycles. The molecule has 5 rings (SSSR count). The van der Waals surface area contributed by atoms with Crippen LogP contribution in [0.15, 0.2) is 103 Å². The molecule has 1 N–H and O–H groups in total. The first-order valence-electron chi connectivity index (χ1n) is 13.2. The third-order valence-electron chi connectivity index (χ3n) is 6.83. The molecule has 206 valence electrons. The molecule has 8 heteroatoms. The minimum absolute atomic E-state index is 0.122. The summed E-state index contributed by atoms with van der Waals surface area (Å²) in [6.45, 7) is 0.779. The second-order valence-electron chi connectivity index (χ2n) is 9.82. The zero-order valence-electron chi connectivity index (χ0n) is 22.3. The summed E-state index contributed by atoms with van der Waals surface area (Å²) in [5.74, 6) is 0.722. The topological polar surface area (TPSA) is 84.9 Å². The Kier molecular flexibility index (Phi) is 8.48. The van der Waals surface area contributed by atoms with Crippen LogP contribution in [-0.2, 0) is 29.7 Å². The lowest BCUT2D eigenvalue weighted by molar-refractivity contribution is 0.0968. The predicted molar refractivity (Wildman–Crippen MR) is 156 cm³/mol. The lowest BCUT2D eigenvalue weighted by Gasteiger charge is -2.37. The molecule has 0 aromatic heterocycles. The molecule has 0 radical (unpaired) electrons. The van der Waals surface area contributed by atoms with Gasteiger partial charge in [0.2, 0.25) is 10.0 Å². The molecular weight excluding hydrogens is 524 g/mol. The van der Waals surface area contributed by atoms with Crippen LogP contribution in [0.25, 0.3) is 0 Å². The van der Waals surface area contributed by atoms with Crippen molar-refractivity contribution in [3.05, 3.63) is 125 Å².